The predicted molar refractivity (Wildman–Crippen MR) is 88.8 cm³/mol. The van der Waals surface area contributed by atoms with Gasteiger partial charge in [0.15, 0.2) is 4.34 Å². The van der Waals surface area contributed by atoms with Crippen LogP contribution in [0.1, 0.15) is 12.6 Å². The monoisotopic (exact) mass is 342 g/mol. The maximum atomic E-state index is 12.2. The summed E-state index contributed by atoms with van der Waals surface area (Å²) in [5.41, 5.74) is 1.53. The number of thioether (sulfide) groups is 1. The van der Waals surface area contributed by atoms with Gasteiger partial charge in [0.05, 0.1) is 18.0 Å². The summed E-state index contributed by atoms with van der Waals surface area (Å²) in [6.07, 6.45) is 0. The highest BCUT2D eigenvalue weighted by Gasteiger charge is 2.18. The molecule has 0 unspecified atom stereocenters. The molecule has 1 aromatic heterocycles. The molecule has 0 spiro atoms. The first-order chi connectivity index (χ1) is 9.99. The number of thiazole rings is 1. The molecule has 0 bridgehead atoms. The lowest BCUT2D eigenvalue weighted by atomic mass is 10.3. The van der Waals surface area contributed by atoms with E-state index in [1.807, 2.05) is 19.2 Å². The Morgan fingerprint density at radius 1 is 1.52 bits per heavy atom. The van der Waals surface area contributed by atoms with Crippen molar-refractivity contribution in [1.29, 1.82) is 0 Å². The average Bonchev–Trinajstić information content (AvgIpc) is 2.84. The molecule has 0 radical (unpaired) electrons. The fourth-order valence-corrected chi connectivity index (χ4v) is 3.76. The molecule has 1 aromatic carbocycles. The molecule has 0 aliphatic carbocycles. The molecule has 0 saturated carbocycles. The normalized spacial score (nSPS) is 12.0. The van der Waals surface area contributed by atoms with Crippen LogP contribution in [0.25, 0.3) is 0 Å². The van der Waals surface area contributed by atoms with E-state index in [2.05, 4.69) is 10.3 Å². The van der Waals surface area contributed by atoms with Crippen molar-refractivity contribution < 1.29 is 9.53 Å². The lowest BCUT2D eigenvalue weighted by molar-refractivity contribution is -0.115. The van der Waals surface area contributed by atoms with Gasteiger partial charge in [0.25, 0.3) is 0 Å². The Balaban J connectivity index is 2.05. The van der Waals surface area contributed by atoms with Crippen molar-refractivity contribution in [3.05, 3.63) is 34.3 Å². The second kappa shape index (κ2) is 7.15. The van der Waals surface area contributed by atoms with Gasteiger partial charge in [0.2, 0.25) is 5.91 Å². The number of halogens is 1. The SMILES string of the molecule is COc1ccc(Cl)cc1NC(=O)[C@@H](C)Sc1nc(C)cs1. The molecule has 1 N–H and O–H groups in total. The quantitative estimate of drug-likeness (QED) is 0.826. The summed E-state index contributed by atoms with van der Waals surface area (Å²) in [5.74, 6) is 0.462. The van der Waals surface area contributed by atoms with Gasteiger partial charge in [0, 0.05) is 16.1 Å². The third-order valence-corrected chi connectivity index (χ3v) is 5.09. The third-order valence-electron chi connectivity index (χ3n) is 2.66. The van der Waals surface area contributed by atoms with Gasteiger partial charge in [-0.2, -0.15) is 0 Å². The van der Waals surface area contributed by atoms with E-state index >= 15 is 0 Å². The van der Waals surface area contributed by atoms with Crippen LogP contribution in [-0.2, 0) is 4.79 Å². The number of anilines is 1. The van der Waals surface area contributed by atoms with Crippen LogP contribution < -0.4 is 10.1 Å². The lowest BCUT2D eigenvalue weighted by Crippen LogP contribution is -2.22. The minimum Gasteiger partial charge on any atom is -0.495 e. The summed E-state index contributed by atoms with van der Waals surface area (Å²) in [7, 11) is 1.55. The number of methoxy groups -OCH3 is 1. The number of nitrogens with zero attached hydrogens (tertiary/aromatic N) is 1. The average molecular weight is 343 g/mol. The van der Waals surface area contributed by atoms with Crippen molar-refractivity contribution in [2.24, 2.45) is 0 Å². The van der Waals surface area contributed by atoms with Crippen LogP contribution >= 0.6 is 34.7 Å². The summed E-state index contributed by atoms with van der Waals surface area (Å²) in [6, 6.07) is 5.11. The van der Waals surface area contributed by atoms with Crippen molar-refractivity contribution in [3.8, 4) is 5.75 Å². The summed E-state index contributed by atoms with van der Waals surface area (Å²) >= 11 is 8.92. The number of rotatable bonds is 5. The number of amides is 1. The predicted octanol–water partition coefficient (Wildman–Crippen LogP) is 4.23. The smallest absolute Gasteiger partial charge is 0.237 e. The highest BCUT2D eigenvalue weighted by atomic mass is 35.5. The van der Waals surface area contributed by atoms with Gasteiger partial charge in [-0.3, -0.25) is 4.79 Å². The van der Waals surface area contributed by atoms with E-state index in [0.717, 1.165) is 10.0 Å². The van der Waals surface area contributed by atoms with Gasteiger partial charge < -0.3 is 10.1 Å². The number of carbonyl (C=O) groups is 1. The first-order valence-electron chi connectivity index (χ1n) is 6.23. The van der Waals surface area contributed by atoms with E-state index in [-0.39, 0.29) is 11.2 Å². The number of aromatic nitrogens is 1. The first-order valence-corrected chi connectivity index (χ1v) is 8.36. The van der Waals surface area contributed by atoms with E-state index in [1.54, 1.807) is 25.3 Å². The Morgan fingerprint density at radius 2 is 2.29 bits per heavy atom. The number of aryl methyl sites for hydroxylation is 1. The second-order valence-corrected chi connectivity index (χ2v) is 7.23. The Labute approximate surface area is 136 Å². The first kappa shape index (κ1) is 16.1. The molecule has 1 amide bonds. The van der Waals surface area contributed by atoms with Gasteiger partial charge in [0.1, 0.15) is 5.75 Å². The van der Waals surface area contributed by atoms with Gasteiger partial charge in [-0.15, -0.1) is 11.3 Å². The van der Waals surface area contributed by atoms with Crippen LogP contribution in [0.5, 0.6) is 5.75 Å². The van der Waals surface area contributed by atoms with Crippen LogP contribution in [0.2, 0.25) is 5.02 Å². The minimum absolute atomic E-state index is 0.117. The zero-order valence-corrected chi connectivity index (χ0v) is 14.2. The molecular weight excluding hydrogens is 328 g/mol. The van der Waals surface area contributed by atoms with Crippen molar-refractivity contribution in [2.75, 3.05) is 12.4 Å². The summed E-state index contributed by atoms with van der Waals surface area (Å²) < 4.78 is 6.09. The minimum atomic E-state index is -0.265. The molecule has 0 aliphatic heterocycles. The molecule has 1 heterocycles. The Hall–Kier alpha value is -1.24. The van der Waals surface area contributed by atoms with Crippen LogP contribution in [0.4, 0.5) is 5.69 Å². The van der Waals surface area contributed by atoms with E-state index in [9.17, 15) is 4.79 Å². The molecule has 7 heteroatoms. The standard InChI is InChI=1S/C14H15ClN2O2S2/c1-8-7-20-14(16-8)21-9(2)13(18)17-11-6-10(15)4-5-12(11)19-3/h4-7,9H,1-3H3,(H,17,18)/t9-/m1/s1. The molecule has 0 aliphatic rings. The fraction of sp³-hybridized carbons (Fsp3) is 0.286. The number of benzene rings is 1. The number of carbonyl (C=O) groups excluding carboxylic acids is 1. The van der Waals surface area contributed by atoms with Crippen molar-refractivity contribution >= 4 is 46.3 Å². The lowest BCUT2D eigenvalue weighted by Gasteiger charge is -2.13. The number of ether oxygens (including phenoxy) is 1. The van der Waals surface area contributed by atoms with Gasteiger partial charge in [-0.25, -0.2) is 4.98 Å². The number of hydrogen-bond acceptors (Lipinski definition) is 5. The molecule has 112 valence electrons. The van der Waals surface area contributed by atoms with E-state index in [4.69, 9.17) is 16.3 Å². The molecule has 0 fully saturated rings. The highest BCUT2D eigenvalue weighted by Crippen LogP contribution is 2.30. The van der Waals surface area contributed by atoms with Crippen molar-refractivity contribution in [3.63, 3.8) is 0 Å². The van der Waals surface area contributed by atoms with Crippen molar-refractivity contribution in [2.45, 2.75) is 23.4 Å². The van der Waals surface area contributed by atoms with Crippen LogP contribution in [0.3, 0.4) is 0 Å². The van der Waals surface area contributed by atoms with Gasteiger partial charge in [-0.05, 0) is 32.0 Å². The van der Waals surface area contributed by atoms with Crippen LogP contribution in [-0.4, -0.2) is 23.3 Å². The molecule has 2 aromatic rings. The third kappa shape index (κ3) is 4.36. The molecular formula is C14H15ClN2O2S2. The largest absolute Gasteiger partial charge is 0.495 e. The number of nitrogens with one attached hydrogen (secondary N) is 1. The van der Waals surface area contributed by atoms with E-state index in [1.165, 1.54) is 23.1 Å². The van der Waals surface area contributed by atoms with Crippen LogP contribution in [0.15, 0.2) is 27.9 Å². The van der Waals surface area contributed by atoms with Crippen molar-refractivity contribution in [1.82, 2.24) is 4.98 Å². The highest BCUT2D eigenvalue weighted by molar-refractivity contribution is 8.02. The maximum absolute atomic E-state index is 12.2. The molecule has 1 atom stereocenters. The maximum Gasteiger partial charge on any atom is 0.237 e. The summed E-state index contributed by atoms with van der Waals surface area (Å²) in [6.45, 7) is 3.77. The number of hydrogen-bond donors (Lipinski definition) is 1. The molecule has 21 heavy (non-hydrogen) atoms. The fourth-order valence-electron chi connectivity index (χ4n) is 1.60. The Morgan fingerprint density at radius 3 is 2.90 bits per heavy atom. The topological polar surface area (TPSA) is 51.2 Å². The Bertz CT molecular complexity index is 646. The Kier molecular flexibility index (Phi) is 5.50. The zero-order chi connectivity index (χ0) is 15.4. The van der Waals surface area contributed by atoms with Crippen LogP contribution in [0, 0.1) is 6.92 Å². The van der Waals surface area contributed by atoms with E-state index < -0.39 is 0 Å². The summed E-state index contributed by atoms with van der Waals surface area (Å²) in [5, 5.41) is 5.08. The molecule has 0 saturated heterocycles. The molecule has 2 rings (SSSR count). The summed E-state index contributed by atoms with van der Waals surface area (Å²) in [4.78, 5) is 16.6. The zero-order valence-electron chi connectivity index (χ0n) is 11.8. The molecule has 4 nitrogen and oxygen atoms in total. The van der Waals surface area contributed by atoms with Gasteiger partial charge in [-0.1, -0.05) is 23.4 Å². The van der Waals surface area contributed by atoms with E-state index in [0.29, 0.717) is 16.5 Å². The van der Waals surface area contributed by atoms with Gasteiger partial charge >= 0.3 is 0 Å². The second-order valence-electron chi connectivity index (χ2n) is 4.35.